The van der Waals surface area contributed by atoms with Crippen LogP contribution in [0.25, 0.3) is 0 Å². The monoisotopic (exact) mass is 416 g/mol. The molecule has 2 rings (SSSR count). The minimum atomic E-state index is -5.08. The number of nitrogens with one attached hydrogen (secondary N) is 1. The van der Waals surface area contributed by atoms with E-state index in [1.165, 1.54) is 6.07 Å². The fourth-order valence-electron chi connectivity index (χ4n) is 2.77. The number of aromatic nitrogens is 1. The van der Waals surface area contributed by atoms with E-state index in [0.29, 0.717) is 12.1 Å². The fourth-order valence-corrected chi connectivity index (χ4v) is 2.77. The largest absolute Gasteiger partial charge is 0.490 e. The van der Waals surface area contributed by atoms with Crippen LogP contribution in [0.2, 0.25) is 0 Å². The number of hydrogen-bond donors (Lipinski definition) is 3. The smallest absolute Gasteiger partial charge is 0.481 e. The molecule has 160 valence electrons. The van der Waals surface area contributed by atoms with Crippen LogP contribution in [0.4, 0.5) is 22.0 Å². The molecule has 28 heavy (non-hydrogen) atoms. The van der Waals surface area contributed by atoms with Gasteiger partial charge in [-0.05, 0) is 12.8 Å². The van der Waals surface area contributed by atoms with E-state index in [2.05, 4.69) is 15.0 Å². The van der Waals surface area contributed by atoms with Crippen molar-refractivity contribution >= 4 is 11.9 Å². The van der Waals surface area contributed by atoms with E-state index in [0.717, 1.165) is 32.1 Å². The standard InChI is InChI=1S/C14H20F2N2O3.C2HF3O2/c15-13(16)12-7-9(18-21-12)8-17-11-6-4-2-1-3-5-10(11)14(19)20;3-2(4,5)1(6)7/h7,10-11,13,17H,1-6,8H2,(H,19,20);(H,6,7)/t10-,11+;/m1./s1. The molecule has 0 unspecified atom stereocenters. The molecule has 0 radical (unpaired) electrons. The van der Waals surface area contributed by atoms with Crippen LogP contribution in [0.15, 0.2) is 10.6 Å². The quantitative estimate of drug-likeness (QED) is 0.627. The summed E-state index contributed by atoms with van der Waals surface area (Å²) in [5.41, 5.74) is 0.372. The maximum Gasteiger partial charge on any atom is 0.490 e. The molecule has 1 aliphatic rings. The van der Waals surface area contributed by atoms with Crippen molar-refractivity contribution in [3.05, 3.63) is 17.5 Å². The molecule has 0 saturated heterocycles. The second-order valence-corrected chi connectivity index (χ2v) is 6.25. The molecule has 1 heterocycles. The average molecular weight is 416 g/mol. The van der Waals surface area contributed by atoms with Crippen LogP contribution in [0, 0.1) is 5.92 Å². The number of carboxylic acids is 2. The molecule has 0 aliphatic heterocycles. The molecule has 1 fully saturated rings. The molecule has 2 atom stereocenters. The summed E-state index contributed by atoms with van der Waals surface area (Å²) in [6.07, 6.45) is -2.29. The molecular weight excluding hydrogens is 395 g/mol. The highest BCUT2D eigenvalue weighted by Gasteiger charge is 2.38. The normalized spacial score (nSPS) is 20.6. The molecule has 12 heteroatoms. The third kappa shape index (κ3) is 8.19. The van der Waals surface area contributed by atoms with Crippen molar-refractivity contribution in [2.24, 2.45) is 5.92 Å². The van der Waals surface area contributed by atoms with Gasteiger partial charge < -0.3 is 20.1 Å². The zero-order valence-electron chi connectivity index (χ0n) is 14.7. The molecule has 1 aromatic heterocycles. The first kappa shape index (κ1) is 23.8. The first-order valence-corrected chi connectivity index (χ1v) is 8.52. The number of hydrogen-bond acceptors (Lipinski definition) is 5. The van der Waals surface area contributed by atoms with Crippen molar-refractivity contribution in [2.45, 2.75) is 63.7 Å². The number of aliphatic carboxylic acids is 2. The van der Waals surface area contributed by atoms with E-state index in [9.17, 15) is 31.9 Å². The lowest BCUT2D eigenvalue weighted by molar-refractivity contribution is -0.192. The lowest BCUT2D eigenvalue weighted by Crippen LogP contribution is -2.40. The lowest BCUT2D eigenvalue weighted by Gasteiger charge is -2.27. The highest BCUT2D eigenvalue weighted by atomic mass is 19.4. The minimum Gasteiger partial charge on any atom is -0.481 e. The van der Waals surface area contributed by atoms with Crippen LogP contribution in [-0.4, -0.2) is 39.5 Å². The van der Waals surface area contributed by atoms with Gasteiger partial charge >= 0.3 is 18.1 Å². The zero-order valence-corrected chi connectivity index (χ0v) is 14.7. The molecule has 1 saturated carbocycles. The Kier molecular flexibility index (Phi) is 9.29. The van der Waals surface area contributed by atoms with Crippen LogP contribution in [0.5, 0.6) is 0 Å². The van der Waals surface area contributed by atoms with Crippen molar-refractivity contribution in [3.8, 4) is 0 Å². The Balaban J connectivity index is 0.000000480. The van der Waals surface area contributed by atoms with E-state index < -0.39 is 36.2 Å². The Morgan fingerprint density at radius 3 is 2.21 bits per heavy atom. The summed E-state index contributed by atoms with van der Waals surface area (Å²) in [6, 6.07) is 1.05. The van der Waals surface area contributed by atoms with Gasteiger partial charge in [0, 0.05) is 18.7 Å². The van der Waals surface area contributed by atoms with Gasteiger partial charge in [0.25, 0.3) is 6.43 Å². The van der Waals surface area contributed by atoms with Crippen LogP contribution >= 0.6 is 0 Å². The Morgan fingerprint density at radius 1 is 1.18 bits per heavy atom. The number of rotatable bonds is 5. The third-order valence-electron chi connectivity index (χ3n) is 4.16. The summed E-state index contributed by atoms with van der Waals surface area (Å²) in [4.78, 5) is 20.3. The van der Waals surface area contributed by atoms with Crippen molar-refractivity contribution in [3.63, 3.8) is 0 Å². The number of carbonyl (C=O) groups is 2. The summed E-state index contributed by atoms with van der Waals surface area (Å²) in [5.74, 6) is -4.46. The van der Waals surface area contributed by atoms with Crippen molar-refractivity contribution < 1.29 is 46.3 Å². The minimum absolute atomic E-state index is 0.158. The highest BCUT2D eigenvalue weighted by Crippen LogP contribution is 2.24. The Labute approximate surface area is 156 Å². The first-order valence-electron chi connectivity index (χ1n) is 8.52. The second kappa shape index (κ2) is 10.9. The molecule has 7 nitrogen and oxygen atoms in total. The Bertz CT molecular complexity index is 635. The van der Waals surface area contributed by atoms with E-state index in [-0.39, 0.29) is 12.6 Å². The maximum atomic E-state index is 12.4. The summed E-state index contributed by atoms with van der Waals surface area (Å²) in [7, 11) is 0. The first-order chi connectivity index (χ1) is 13.0. The van der Waals surface area contributed by atoms with Crippen molar-refractivity contribution in [2.75, 3.05) is 0 Å². The van der Waals surface area contributed by atoms with Crippen molar-refractivity contribution in [1.29, 1.82) is 0 Å². The maximum absolute atomic E-state index is 12.4. The van der Waals surface area contributed by atoms with Gasteiger partial charge in [0.1, 0.15) is 0 Å². The van der Waals surface area contributed by atoms with Gasteiger partial charge in [-0.25, -0.2) is 13.6 Å². The van der Waals surface area contributed by atoms with Crippen LogP contribution in [-0.2, 0) is 16.1 Å². The molecule has 3 N–H and O–H groups in total. The van der Waals surface area contributed by atoms with Crippen LogP contribution in [0.1, 0.15) is 56.4 Å². The number of carboxylic acid groups (broad SMARTS) is 2. The van der Waals surface area contributed by atoms with Gasteiger partial charge in [-0.3, -0.25) is 4.79 Å². The van der Waals surface area contributed by atoms with Crippen LogP contribution in [0.3, 0.4) is 0 Å². The fraction of sp³-hybridized carbons (Fsp3) is 0.688. The zero-order chi connectivity index (χ0) is 21.3. The average Bonchev–Trinajstić information content (AvgIpc) is 3.02. The molecule has 0 amide bonds. The molecule has 0 aromatic carbocycles. The highest BCUT2D eigenvalue weighted by molar-refractivity contribution is 5.73. The molecule has 0 bridgehead atoms. The molecular formula is C16H21F5N2O5. The van der Waals surface area contributed by atoms with Gasteiger partial charge in [-0.1, -0.05) is 30.8 Å². The summed E-state index contributed by atoms with van der Waals surface area (Å²) >= 11 is 0. The molecule has 0 spiro atoms. The SMILES string of the molecule is O=C(O)C(F)(F)F.O=C(O)[C@@H]1CCCCCC[C@@H]1NCc1cc(C(F)F)on1. The third-order valence-corrected chi connectivity index (χ3v) is 4.16. The van der Waals surface area contributed by atoms with Gasteiger partial charge in [-0.15, -0.1) is 0 Å². The van der Waals surface area contributed by atoms with E-state index in [1.807, 2.05) is 0 Å². The number of alkyl halides is 5. The molecule has 1 aliphatic carbocycles. The van der Waals surface area contributed by atoms with E-state index in [1.54, 1.807) is 0 Å². The summed E-state index contributed by atoms with van der Waals surface area (Å²) in [5, 5.41) is 23.2. The van der Waals surface area contributed by atoms with Gasteiger partial charge in [-0.2, -0.15) is 13.2 Å². The Hall–Kier alpha value is -2.24. The summed E-state index contributed by atoms with van der Waals surface area (Å²) < 4.78 is 61.1. The van der Waals surface area contributed by atoms with E-state index in [4.69, 9.17) is 9.90 Å². The predicted octanol–water partition coefficient (Wildman–Crippen LogP) is 3.76. The van der Waals surface area contributed by atoms with Gasteiger partial charge in [0.05, 0.1) is 11.6 Å². The Morgan fingerprint density at radius 2 is 1.75 bits per heavy atom. The van der Waals surface area contributed by atoms with Gasteiger partial charge in [0.2, 0.25) is 5.76 Å². The topological polar surface area (TPSA) is 113 Å². The number of nitrogens with zero attached hydrogens (tertiary/aromatic N) is 1. The molecule has 1 aromatic rings. The lowest BCUT2D eigenvalue weighted by atomic mass is 9.87. The number of halogens is 5. The second-order valence-electron chi connectivity index (χ2n) is 6.25. The van der Waals surface area contributed by atoms with Crippen LogP contribution < -0.4 is 5.32 Å². The van der Waals surface area contributed by atoms with Gasteiger partial charge in [0.15, 0.2) is 0 Å². The predicted molar refractivity (Wildman–Crippen MR) is 84.6 cm³/mol. The van der Waals surface area contributed by atoms with Crippen molar-refractivity contribution in [1.82, 2.24) is 10.5 Å². The van der Waals surface area contributed by atoms with E-state index >= 15 is 0 Å². The summed E-state index contributed by atoms with van der Waals surface area (Å²) in [6.45, 7) is 0.241.